The second-order valence-corrected chi connectivity index (χ2v) is 7.64. The predicted octanol–water partition coefficient (Wildman–Crippen LogP) is 4.29. The molecule has 0 saturated carbocycles. The normalized spacial score (nSPS) is 14.1. The maximum absolute atomic E-state index is 9.84. The highest BCUT2D eigenvalue weighted by molar-refractivity contribution is 5.78. The predicted molar refractivity (Wildman–Crippen MR) is 116 cm³/mol. The first-order valence-corrected chi connectivity index (χ1v) is 10.6. The van der Waals surface area contributed by atoms with Crippen molar-refractivity contribution in [2.45, 2.75) is 26.3 Å². The van der Waals surface area contributed by atoms with E-state index in [0.29, 0.717) is 31.9 Å². The van der Waals surface area contributed by atoms with Crippen molar-refractivity contribution in [2.24, 2.45) is 0 Å². The number of benzene rings is 2. The van der Waals surface area contributed by atoms with E-state index in [2.05, 4.69) is 12.1 Å². The average molecular weight is 413 g/mol. The molecule has 0 atom stereocenters. The van der Waals surface area contributed by atoms with E-state index in [1.54, 1.807) is 0 Å². The minimum atomic E-state index is 0.238. The molecule has 156 valence electrons. The molecule has 0 saturated heterocycles. The number of hydrogen-bond acceptors (Lipinski definition) is 5. The average Bonchev–Trinajstić information content (AvgIpc) is 3.03. The van der Waals surface area contributed by atoms with Gasteiger partial charge in [-0.15, -0.1) is 0 Å². The number of nitrogens with one attached hydrogen (secondary N) is 1. The van der Waals surface area contributed by atoms with Gasteiger partial charge in [0.05, 0.1) is 25.5 Å². The lowest BCUT2D eigenvalue weighted by atomic mass is 9.92. The first-order chi connectivity index (χ1) is 15.2. The molecule has 6 nitrogen and oxygen atoms in total. The Balaban J connectivity index is 1.68. The van der Waals surface area contributed by atoms with Crippen molar-refractivity contribution >= 4 is 0 Å². The van der Waals surface area contributed by atoms with E-state index < -0.39 is 0 Å². The summed E-state index contributed by atoms with van der Waals surface area (Å²) < 4.78 is 19.2. The Labute approximate surface area is 180 Å². The van der Waals surface area contributed by atoms with Crippen LogP contribution in [0.1, 0.15) is 24.5 Å². The monoisotopic (exact) mass is 413 g/mol. The second-order valence-electron chi connectivity index (χ2n) is 7.64. The smallest absolute Gasteiger partial charge is 0.161 e. The number of ether oxygens (including phenoxy) is 3. The van der Waals surface area contributed by atoms with Gasteiger partial charge in [0.2, 0.25) is 0 Å². The summed E-state index contributed by atoms with van der Waals surface area (Å²) in [5.74, 6) is 2.31. The van der Waals surface area contributed by atoms with Crippen LogP contribution >= 0.6 is 0 Å². The van der Waals surface area contributed by atoms with E-state index in [9.17, 15) is 5.26 Å². The zero-order chi connectivity index (χ0) is 21.4. The molecular weight excluding hydrogens is 390 g/mol. The largest absolute Gasteiger partial charge is 0.494 e. The Morgan fingerprint density at radius 1 is 1.06 bits per heavy atom. The van der Waals surface area contributed by atoms with E-state index in [4.69, 9.17) is 19.6 Å². The van der Waals surface area contributed by atoms with E-state index in [1.165, 1.54) is 5.56 Å². The third kappa shape index (κ3) is 3.32. The van der Waals surface area contributed by atoms with Gasteiger partial charge in [0.15, 0.2) is 11.5 Å². The molecule has 0 spiro atoms. The highest BCUT2D eigenvalue weighted by Crippen LogP contribution is 2.40. The van der Waals surface area contributed by atoms with Crippen molar-refractivity contribution in [3.8, 4) is 45.7 Å². The lowest BCUT2D eigenvalue weighted by Crippen LogP contribution is -2.28. The quantitative estimate of drug-likeness (QED) is 0.695. The van der Waals surface area contributed by atoms with E-state index in [0.717, 1.165) is 52.5 Å². The number of fused-ring (bicyclic) bond motifs is 4. The molecule has 0 fully saturated rings. The van der Waals surface area contributed by atoms with Crippen LogP contribution in [0.3, 0.4) is 0 Å². The fourth-order valence-electron chi connectivity index (χ4n) is 4.29. The number of rotatable bonds is 3. The number of hydrogen-bond donors (Lipinski definition) is 1. The zero-order valence-electron chi connectivity index (χ0n) is 17.4. The fourth-order valence-corrected chi connectivity index (χ4v) is 4.29. The standard InChI is InChI=1S/C25H23N3O3/c1-2-29-18-6-4-16(5-7-18)19-13-22-20-14-24-23(30-10-3-11-31-24)12-17(20)8-9-28(22)25(27)21(19)15-26/h4-7,12-14,27H,2-3,8-11H2,1H3. The number of nitriles is 1. The van der Waals surface area contributed by atoms with Crippen LogP contribution in [0.15, 0.2) is 42.5 Å². The molecule has 0 radical (unpaired) electrons. The summed E-state index contributed by atoms with van der Waals surface area (Å²) in [7, 11) is 0. The molecule has 5 rings (SSSR count). The van der Waals surface area contributed by atoms with Crippen LogP contribution in [0.2, 0.25) is 0 Å². The van der Waals surface area contributed by atoms with Crippen molar-refractivity contribution in [1.29, 1.82) is 10.7 Å². The molecule has 2 aliphatic heterocycles. The molecule has 0 bridgehead atoms. The lowest BCUT2D eigenvalue weighted by molar-refractivity contribution is 0.297. The van der Waals surface area contributed by atoms with Crippen LogP contribution in [0.4, 0.5) is 0 Å². The summed E-state index contributed by atoms with van der Waals surface area (Å²) in [6.45, 7) is 4.48. The fraction of sp³-hybridized carbons (Fsp3) is 0.280. The number of aromatic nitrogens is 1. The number of nitrogens with zero attached hydrogens (tertiary/aromatic N) is 2. The Morgan fingerprint density at radius 3 is 2.52 bits per heavy atom. The van der Waals surface area contributed by atoms with Gasteiger partial charge in [-0.3, -0.25) is 5.41 Å². The molecule has 2 aromatic carbocycles. The molecule has 1 aromatic heterocycles. The van der Waals surface area contributed by atoms with Gasteiger partial charge in [0, 0.05) is 24.1 Å². The molecule has 2 aliphatic rings. The van der Waals surface area contributed by atoms with E-state index >= 15 is 0 Å². The molecule has 31 heavy (non-hydrogen) atoms. The van der Waals surface area contributed by atoms with Crippen LogP contribution in [-0.4, -0.2) is 24.4 Å². The summed E-state index contributed by atoms with van der Waals surface area (Å²) in [5.41, 5.74) is 5.38. The lowest BCUT2D eigenvalue weighted by Gasteiger charge is -2.25. The minimum Gasteiger partial charge on any atom is -0.494 e. The summed E-state index contributed by atoms with van der Waals surface area (Å²) in [6, 6.07) is 16.0. The summed E-state index contributed by atoms with van der Waals surface area (Å²) in [6.07, 6.45) is 1.64. The van der Waals surface area contributed by atoms with E-state index in [-0.39, 0.29) is 5.49 Å². The highest BCUT2D eigenvalue weighted by atomic mass is 16.5. The van der Waals surface area contributed by atoms with Crippen molar-refractivity contribution < 1.29 is 14.2 Å². The molecule has 0 unspecified atom stereocenters. The Hall–Kier alpha value is -3.72. The third-order valence-electron chi connectivity index (χ3n) is 5.79. The Morgan fingerprint density at radius 2 is 1.81 bits per heavy atom. The van der Waals surface area contributed by atoms with Gasteiger partial charge >= 0.3 is 0 Å². The molecule has 3 aromatic rings. The molecule has 3 heterocycles. The van der Waals surface area contributed by atoms with Gasteiger partial charge < -0.3 is 18.8 Å². The third-order valence-corrected chi connectivity index (χ3v) is 5.79. The topological polar surface area (TPSA) is 80.3 Å². The number of pyridine rings is 1. The first kappa shape index (κ1) is 19.3. The van der Waals surface area contributed by atoms with Crippen LogP contribution in [-0.2, 0) is 13.0 Å². The Kier molecular flexibility index (Phi) is 4.87. The van der Waals surface area contributed by atoms with E-state index in [1.807, 2.05) is 47.9 Å². The summed E-state index contributed by atoms with van der Waals surface area (Å²) in [4.78, 5) is 0. The maximum Gasteiger partial charge on any atom is 0.161 e. The van der Waals surface area contributed by atoms with Gasteiger partial charge in [0.1, 0.15) is 22.9 Å². The molecule has 1 N–H and O–H groups in total. The van der Waals surface area contributed by atoms with Crippen LogP contribution in [0.5, 0.6) is 17.2 Å². The van der Waals surface area contributed by atoms with Crippen molar-refractivity contribution in [3.63, 3.8) is 0 Å². The van der Waals surface area contributed by atoms with Gasteiger partial charge in [-0.25, -0.2) is 0 Å². The molecule has 0 amide bonds. The van der Waals surface area contributed by atoms with Crippen molar-refractivity contribution in [1.82, 2.24) is 4.57 Å². The summed E-state index contributed by atoms with van der Waals surface area (Å²) >= 11 is 0. The highest BCUT2D eigenvalue weighted by Gasteiger charge is 2.24. The molecular formula is C25H23N3O3. The minimum absolute atomic E-state index is 0.238. The summed E-state index contributed by atoms with van der Waals surface area (Å²) in [5, 5.41) is 18.6. The molecule has 0 aliphatic carbocycles. The van der Waals surface area contributed by atoms with Crippen LogP contribution in [0, 0.1) is 16.7 Å². The molecule has 6 heteroatoms. The zero-order valence-corrected chi connectivity index (χ0v) is 17.4. The maximum atomic E-state index is 9.84. The van der Waals surface area contributed by atoms with Gasteiger partial charge in [-0.1, -0.05) is 12.1 Å². The SMILES string of the molecule is CCOc1ccc(-c2cc3n(c(=N)c2C#N)CCc2cc4c(cc2-3)OCCCO4)cc1. The second kappa shape index (κ2) is 7.84. The number of aryl methyl sites for hydroxylation is 1. The van der Waals surface area contributed by atoms with Crippen molar-refractivity contribution in [3.05, 3.63) is 59.1 Å². The van der Waals surface area contributed by atoms with Crippen molar-refractivity contribution in [2.75, 3.05) is 19.8 Å². The van der Waals surface area contributed by atoms with Gasteiger partial charge in [0.25, 0.3) is 0 Å². The van der Waals surface area contributed by atoms with Gasteiger partial charge in [-0.05, 0) is 54.8 Å². The van der Waals surface area contributed by atoms with Crippen LogP contribution in [0.25, 0.3) is 22.4 Å². The van der Waals surface area contributed by atoms with Crippen LogP contribution < -0.4 is 19.7 Å². The Bertz CT molecular complexity index is 1250. The van der Waals surface area contributed by atoms with Gasteiger partial charge in [-0.2, -0.15) is 5.26 Å². The first-order valence-electron chi connectivity index (χ1n) is 10.6.